The van der Waals surface area contributed by atoms with E-state index >= 15 is 0 Å². The molecule has 0 fully saturated rings. The van der Waals surface area contributed by atoms with Crippen LogP contribution in [-0.2, 0) is 12.8 Å². The van der Waals surface area contributed by atoms with Crippen LogP contribution in [0.2, 0.25) is 5.02 Å². The van der Waals surface area contributed by atoms with E-state index in [-0.39, 0.29) is 16.5 Å². The molecule has 1 aromatic carbocycles. The van der Waals surface area contributed by atoms with Crippen LogP contribution in [0, 0.1) is 0 Å². The van der Waals surface area contributed by atoms with E-state index in [4.69, 9.17) is 16.7 Å². The van der Waals surface area contributed by atoms with Gasteiger partial charge in [0.15, 0.2) is 5.82 Å². The fourth-order valence-electron chi connectivity index (χ4n) is 1.46. The molecule has 0 bridgehead atoms. The standard InChI is InChI=1S/C10H7ClF3N3O/c11-7-1-6(10(12,13)14)2-8(3-7)17-5-15-16-9(17)4-18/h1-3,5,18H,4H2. The van der Waals surface area contributed by atoms with Crippen molar-refractivity contribution in [2.24, 2.45) is 0 Å². The molecule has 0 spiro atoms. The Bertz CT molecular complexity index is 568. The highest BCUT2D eigenvalue weighted by Gasteiger charge is 2.31. The quantitative estimate of drug-likeness (QED) is 0.917. The second-order valence-corrected chi connectivity index (χ2v) is 3.91. The molecule has 1 aromatic heterocycles. The molecule has 0 amide bonds. The minimum atomic E-state index is -4.49. The lowest BCUT2D eigenvalue weighted by molar-refractivity contribution is -0.137. The van der Waals surface area contributed by atoms with Gasteiger partial charge < -0.3 is 5.11 Å². The number of alkyl halides is 3. The summed E-state index contributed by atoms with van der Waals surface area (Å²) in [6.45, 7) is -0.437. The Morgan fingerprint density at radius 1 is 1.28 bits per heavy atom. The van der Waals surface area contributed by atoms with Gasteiger partial charge in [-0.3, -0.25) is 4.57 Å². The number of aromatic nitrogens is 3. The molecule has 8 heteroatoms. The first kappa shape index (κ1) is 12.8. The molecule has 96 valence electrons. The van der Waals surface area contributed by atoms with Crippen molar-refractivity contribution in [1.82, 2.24) is 14.8 Å². The number of aliphatic hydroxyl groups excluding tert-OH is 1. The topological polar surface area (TPSA) is 50.9 Å². The number of benzene rings is 1. The second-order valence-electron chi connectivity index (χ2n) is 3.47. The minimum Gasteiger partial charge on any atom is -0.388 e. The molecule has 2 aromatic rings. The van der Waals surface area contributed by atoms with E-state index < -0.39 is 18.3 Å². The average Bonchev–Trinajstić information content (AvgIpc) is 2.74. The number of hydrogen-bond acceptors (Lipinski definition) is 3. The molecule has 0 aliphatic rings. The Kier molecular flexibility index (Phi) is 3.27. The van der Waals surface area contributed by atoms with Gasteiger partial charge in [-0.25, -0.2) is 0 Å². The van der Waals surface area contributed by atoms with Gasteiger partial charge in [0.1, 0.15) is 12.9 Å². The molecule has 0 aliphatic heterocycles. The molecular formula is C10H7ClF3N3O. The Labute approximate surface area is 105 Å². The summed E-state index contributed by atoms with van der Waals surface area (Å²) >= 11 is 5.65. The SMILES string of the molecule is OCc1nncn1-c1cc(Cl)cc(C(F)(F)F)c1. The lowest BCUT2D eigenvalue weighted by Crippen LogP contribution is -2.07. The Balaban J connectivity index is 2.56. The lowest BCUT2D eigenvalue weighted by atomic mass is 10.2. The maximum Gasteiger partial charge on any atom is 0.416 e. The van der Waals surface area contributed by atoms with E-state index in [0.717, 1.165) is 12.1 Å². The van der Waals surface area contributed by atoms with Crippen molar-refractivity contribution < 1.29 is 18.3 Å². The number of nitrogens with zero attached hydrogens (tertiary/aromatic N) is 3. The third-order valence-corrected chi connectivity index (χ3v) is 2.47. The minimum absolute atomic E-state index is 0.0579. The maximum absolute atomic E-state index is 12.6. The van der Waals surface area contributed by atoms with Crippen molar-refractivity contribution in [3.8, 4) is 5.69 Å². The molecule has 1 N–H and O–H groups in total. The fourth-order valence-corrected chi connectivity index (χ4v) is 1.69. The van der Waals surface area contributed by atoms with Gasteiger partial charge in [-0.2, -0.15) is 13.2 Å². The van der Waals surface area contributed by atoms with Crippen LogP contribution in [0.3, 0.4) is 0 Å². The molecule has 0 aliphatic carbocycles. The first-order valence-electron chi connectivity index (χ1n) is 4.79. The normalized spacial score (nSPS) is 11.8. The third kappa shape index (κ3) is 2.46. The summed E-state index contributed by atoms with van der Waals surface area (Å²) in [5, 5.41) is 16.0. The summed E-state index contributed by atoms with van der Waals surface area (Å²) in [5.74, 6) is 0.130. The summed E-state index contributed by atoms with van der Waals surface area (Å²) in [4.78, 5) is 0. The van der Waals surface area contributed by atoms with E-state index in [9.17, 15) is 13.2 Å². The molecule has 0 unspecified atom stereocenters. The van der Waals surface area contributed by atoms with Crippen molar-refractivity contribution in [1.29, 1.82) is 0 Å². The van der Waals surface area contributed by atoms with Gasteiger partial charge in [0, 0.05) is 5.02 Å². The predicted octanol–water partition coefficient (Wildman–Crippen LogP) is 2.43. The lowest BCUT2D eigenvalue weighted by Gasteiger charge is -2.11. The molecule has 0 saturated heterocycles. The summed E-state index contributed by atoms with van der Waals surface area (Å²) in [6, 6.07) is 3.07. The zero-order valence-corrected chi connectivity index (χ0v) is 9.57. The largest absolute Gasteiger partial charge is 0.416 e. The Hall–Kier alpha value is -1.60. The van der Waals surface area contributed by atoms with Gasteiger partial charge in [-0.1, -0.05) is 11.6 Å². The molecule has 2 rings (SSSR count). The Morgan fingerprint density at radius 2 is 2.00 bits per heavy atom. The number of rotatable bonds is 2. The molecular weight excluding hydrogens is 271 g/mol. The molecule has 0 saturated carbocycles. The van der Waals surface area contributed by atoms with Gasteiger partial charge in [-0.05, 0) is 18.2 Å². The van der Waals surface area contributed by atoms with Crippen LogP contribution in [0.25, 0.3) is 5.69 Å². The van der Waals surface area contributed by atoms with Gasteiger partial charge in [0.2, 0.25) is 0 Å². The Morgan fingerprint density at radius 3 is 2.61 bits per heavy atom. The summed E-state index contributed by atoms with van der Waals surface area (Å²) in [6.07, 6.45) is -3.29. The molecule has 4 nitrogen and oxygen atoms in total. The predicted molar refractivity (Wildman–Crippen MR) is 57.3 cm³/mol. The van der Waals surface area contributed by atoms with Crippen molar-refractivity contribution in [3.63, 3.8) is 0 Å². The number of halogens is 4. The number of aliphatic hydroxyl groups is 1. The van der Waals surface area contributed by atoms with Crippen molar-refractivity contribution >= 4 is 11.6 Å². The summed E-state index contributed by atoms with van der Waals surface area (Å²) in [7, 11) is 0. The average molecular weight is 278 g/mol. The van der Waals surface area contributed by atoms with Gasteiger partial charge >= 0.3 is 6.18 Å². The zero-order chi connectivity index (χ0) is 13.3. The summed E-state index contributed by atoms with van der Waals surface area (Å²) in [5.41, 5.74) is -0.730. The van der Waals surface area contributed by atoms with Gasteiger partial charge in [-0.15, -0.1) is 10.2 Å². The van der Waals surface area contributed by atoms with E-state index in [1.165, 1.54) is 17.0 Å². The highest BCUT2D eigenvalue weighted by molar-refractivity contribution is 6.30. The van der Waals surface area contributed by atoms with Crippen LogP contribution in [0.5, 0.6) is 0 Å². The van der Waals surface area contributed by atoms with E-state index in [0.29, 0.717) is 0 Å². The second kappa shape index (κ2) is 4.58. The van der Waals surface area contributed by atoms with Gasteiger partial charge in [0.05, 0.1) is 11.3 Å². The van der Waals surface area contributed by atoms with Crippen molar-refractivity contribution in [3.05, 3.63) is 40.9 Å². The first-order valence-corrected chi connectivity index (χ1v) is 5.17. The van der Waals surface area contributed by atoms with E-state index in [1.807, 2.05) is 0 Å². The molecule has 1 heterocycles. The summed E-state index contributed by atoms with van der Waals surface area (Å²) < 4.78 is 39.1. The molecule has 0 radical (unpaired) electrons. The van der Waals surface area contributed by atoms with E-state index in [1.54, 1.807) is 0 Å². The van der Waals surface area contributed by atoms with Crippen LogP contribution < -0.4 is 0 Å². The zero-order valence-electron chi connectivity index (χ0n) is 8.82. The van der Waals surface area contributed by atoms with Crippen molar-refractivity contribution in [2.45, 2.75) is 12.8 Å². The van der Waals surface area contributed by atoms with Crippen LogP contribution in [0.4, 0.5) is 13.2 Å². The van der Waals surface area contributed by atoms with E-state index in [2.05, 4.69) is 10.2 Å². The first-order chi connectivity index (χ1) is 8.41. The van der Waals surface area contributed by atoms with Crippen LogP contribution in [0.1, 0.15) is 11.4 Å². The fraction of sp³-hybridized carbons (Fsp3) is 0.200. The highest BCUT2D eigenvalue weighted by Crippen LogP contribution is 2.32. The van der Waals surface area contributed by atoms with Crippen molar-refractivity contribution in [2.75, 3.05) is 0 Å². The van der Waals surface area contributed by atoms with Crippen LogP contribution >= 0.6 is 11.6 Å². The van der Waals surface area contributed by atoms with Crippen LogP contribution in [0.15, 0.2) is 24.5 Å². The molecule has 18 heavy (non-hydrogen) atoms. The number of hydrogen-bond donors (Lipinski definition) is 1. The maximum atomic E-state index is 12.6. The third-order valence-electron chi connectivity index (χ3n) is 2.25. The monoisotopic (exact) mass is 277 g/mol. The van der Waals surface area contributed by atoms with Gasteiger partial charge in [0.25, 0.3) is 0 Å². The highest BCUT2D eigenvalue weighted by atomic mass is 35.5. The molecule has 0 atom stereocenters. The smallest absolute Gasteiger partial charge is 0.388 e. The van der Waals surface area contributed by atoms with Crippen LogP contribution in [-0.4, -0.2) is 19.9 Å².